The molecule has 7 nitrogen and oxygen atoms in total. The molecule has 0 aliphatic carbocycles. The second kappa shape index (κ2) is 9.36. The van der Waals surface area contributed by atoms with Gasteiger partial charge in [-0.25, -0.2) is 0 Å². The summed E-state index contributed by atoms with van der Waals surface area (Å²) in [6.07, 6.45) is -7.64. The van der Waals surface area contributed by atoms with Crippen LogP contribution in [-0.4, -0.2) is 58.7 Å². The van der Waals surface area contributed by atoms with E-state index in [9.17, 15) is 35.9 Å². The zero-order chi connectivity index (χ0) is 26.3. The summed E-state index contributed by atoms with van der Waals surface area (Å²) >= 11 is 0. The van der Waals surface area contributed by atoms with Crippen molar-refractivity contribution in [1.82, 2.24) is 20.0 Å². The van der Waals surface area contributed by atoms with Crippen LogP contribution in [-0.2, 0) is 6.54 Å². The van der Waals surface area contributed by atoms with Gasteiger partial charge in [0.15, 0.2) is 0 Å². The normalized spacial score (nSPS) is 14.6. The van der Waals surface area contributed by atoms with Crippen LogP contribution in [0.2, 0.25) is 0 Å². The number of carbonyl (C=O) groups is 2. The molecule has 0 unspecified atom stereocenters. The first kappa shape index (κ1) is 25.3. The summed E-state index contributed by atoms with van der Waals surface area (Å²) in [7, 11) is 0. The van der Waals surface area contributed by atoms with Gasteiger partial charge in [0.25, 0.3) is 11.8 Å². The molecule has 13 heteroatoms. The van der Waals surface area contributed by atoms with Gasteiger partial charge >= 0.3 is 12.5 Å². The highest BCUT2D eigenvalue weighted by Crippen LogP contribution is 2.26. The Morgan fingerprint density at radius 3 is 2.36 bits per heavy atom. The number of likely N-dealkylation sites (tertiary alicyclic amines) is 1. The number of amides is 2. The molecule has 1 fully saturated rings. The van der Waals surface area contributed by atoms with Crippen LogP contribution in [0.15, 0.2) is 42.6 Å². The lowest BCUT2D eigenvalue weighted by Crippen LogP contribution is -2.51. The van der Waals surface area contributed by atoms with Crippen LogP contribution in [0.4, 0.5) is 26.3 Å². The van der Waals surface area contributed by atoms with Crippen molar-refractivity contribution in [2.24, 2.45) is 5.92 Å². The SMILES string of the molecule is Cc1cc2nn(CC3CN(C(=O)c4ccc(OC(F)(F)F)cc4)C3)cc2cc1C(=O)NCC(F)(F)F. The van der Waals surface area contributed by atoms with E-state index in [1.54, 1.807) is 28.8 Å². The van der Waals surface area contributed by atoms with E-state index >= 15 is 0 Å². The van der Waals surface area contributed by atoms with E-state index < -0.39 is 30.7 Å². The number of nitrogens with one attached hydrogen (secondary N) is 1. The van der Waals surface area contributed by atoms with Gasteiger partial charge in [-0.05, 0) is 48.9 Å². The van der Waals surface area contributed by atoms with E-state index in [0.717, 1.165) is 12.1 Å². The Kier molecular flexibility index (Phi) is 6.58. The van der Waals surface area contributed by atoms with Gasteiger partial charge in [-0.2, -0.15) is 18.3 Å². The zero-order valence-electron chi connectivity index (χ0n) is 18.8. The van der Waals surface area contributed by atoms with E-state index in [-0.39, 0.29) is 23.0 Å². The van der Waals surface area contributed by atoms with Crippen molar-refractivity contribution in [3.63, 3.8) is 0 Å². The minimum absolute atomic E-state index is 0.0757. The first-order valence-electron chi connectivity index (χ1n) is 10.8. The lowest BCUT2D eigenvalue weighted by atomic mass is 9.99. The molecular formula is C23H20F6N4O3. The van der Waals surface area contributed by atoms with Gasteiger partial charge in [-0.3, -0.25) is 14.3 Å². The lowest BCUT2D eigenvalue weighted by molar-refractivity contribution is -0.274. The van der Waals surface area contributed by atoms with E-state index in [1.807, 2.05) is 5.32 Å². The van der Waals surface area contributed by atoms with E-state index in [1.165, 1.54) is 18.2 Å². The molecule has 0 spiro atoms. The van der Waals surface area contributed by atoms with Crippen molar-refractivity contribution in [3.05, 3.63) is 59.3 Å². The number of aryl methyl sites for hydroxylation is 1. The monoisotopic (exact) mass is 514 g/mol. The van der Waals surface area contributed by atoms with Crippen LogP contribution in [0.5, 0.6) is 5.75 Å². The first-order chi connectivity index (χ1) is 16.8. The maximum atomic E-state index is 12.5. The zero-order valence-corrected chi connectivity index (χ0v) is 18.8. The third-order valence-corrected chi connectivity index (χ3v) is 5.62. The van der Waals surface area contributed by atoms with Crippen LogP contribution in [0, 0.1) is 12.8 Å². The molecule has 1 aromatic heterocycles. The molecule has 36 heavy (non-hydrogen) atoms. The maximum absolute atomic E-state index is 12.5. The van der Waals surface area contributed by atoms with Crippen molar-refractivity contribution >= 4 is 22.7 Å². The average Bonchev–Trinajstić information content (AvgIpc) is 3.13. The Hall–Kier alpha value is -3.77. The van der Waals surface area contributed by atoms with Crippen molar-refractivity contribution in [2.75, 3.05) is 19.6 Å². The molecule has 1 aliphatic rings. The van der Waals surface area contributed by atoms with Crippen molar-refractivity contribution in [2.45, 2.75) is 26.0 Å². The number of fused-ring (bicyclic) bond motifs is 1. The molecule has 2 aromatic carbocycles. The molecule has 4 rings (SSSR count). The van der Waals surface area contributed by atoms with Crippen LogP contribution in [0.3, 0.4) is 0 Å². The largest absolute Gasteiger partial charge is 0.573 e. The minimum Gasteiger partial charge on any atom is -0.406 e. The molecule has 1 aliphatic heterocycles. The highest BCUT2D eigenvalue weighted by atomic mass is 19.4. The van der Waals surface area contributed by atoms with Crippen LogP contribution < -0.4 is 10.1 Å². The lowest BCUT2D eigenvalue weighted by Gasteiger charge is -2.39. The minimum atomic E-state index is -4.81. The molecule has 0 radical (unpaired) electrons. The summed E-state index contributed by atoms with van der Waals surface area (Å²) < 4.78 is 79.4. The Morgan fingerprint density at radius 1 is 1.08 bits per heavy atom. The molecule has 2 heterocycles. The van der Waals surface area contributed by atoms with Gasteiger partial charge in [0.2, 0.25) is 0 Å². The quantitative estimate of drug-likeness (QED) is 0.498. The molecule has 0 saturated carbocycles. The predicted molar refractivity (Wildman–Crippen MR) is 115 cm³/mol. The van der Waals surface area contributed by atoms with Crippen LogP contribution in [0.1, 0.15) is 26.3 Å². The third kappa shape index (κ3) is 6.07. The van der Waals surface area contributed by atoms with Crippen molar-refractivity contribution < 1.29 is 40.7 Å². The third-order valence-electron chi connectivity index (χ3n) is 5.62. The van der Waals surface area contributed by atoms with Crippen molar-refractivity contribution in [1.29, 1.82) is 0 Å². The van der Waals surface area contributed by atoms with Gasteiger partial charge < -0.3 is 15.0 Å². The summed E-state index contributed by atoms with van der Waals surface area (Å²) in [5, 5.41) is 6.89. The number of ether oxygens (including phenoxy) is 1. The number of nitrogens with zero attached hydrogens (tertiary/aromatic N) is 3. The molecule has 3 aromatic rings. The highest BCUT2D eigenvalue weighted by molar-refractivity contribution is 5.99. The molecule has 0 bridgehead atoms. The Balaban J connectivity index is 1.34. The summed E-state index contributed by atoms with van der Waals surface area (Å²) in [4.78, 5) is 26.3. The molecule has 0 atom stereocenters. The summed E-state index contributed by atoms with van der Waals surface area (Å²) in [6, 6.07) is 7.79. The van der Waals surface area contributed by atoms with Gasteiger partial charge in [0, 0.05) is 48.3 Å². The van der Waals surface area contributed by atoms with Crippen LogP contribution >= 0.6 is 0 Å². The number of carbonyl (C=O) groups excluding carboxylic acids is 2. The molecule has 192 valence electrons. The standard InChI is InChI=1S/C23H20F6N4O3/c1-13-6-19-16(7-18(13)20(34)30-12-22(24,25)26)11-33(31-19)10-14-8-32(9-14)21(35)15-2-4-17(5-3-15)36-23(27,28)29/h2-7,11,14H,8-10,12H2,1H3,(H,30,34). The number of hydrogen-bond acceptors (Lipinski definition) is 4. The van der Waals surface area contributed by atoms with E-state index in [4.69, 9.17) is 0 Å². The Morgan fingerprint density at radius 2 is 1.75 bits per heavy atom. The molecule has 1 saturated heterocycles. The van der Waals surface area contributed by atoms with Gasteiger partial charge in [-0.1, -0.05) is 0 Å². The van der Waals surface area contributed by atoms with Crippen molar-refractivity contribution in [3.8, 4) is 5.75 Å². The van der Waals surface area contributed by atoms with Gasteiger partial charge in [-0.15, -0.1) is 13.2 Å². The summed E-state index contributed by atoms with van der Waals surface area (Å²) in [5.74, 6) is -1.49. The maximum Gasteiger partial charge on any atom is 0.573 e. The van der Waals surface area contributed by atoms with E-state index in [2.05, 4.69) is 9.84 Å². The number of benzene rings is 2. The fraction of sp³-hybridized carbons (Fsp3) is 0.348. The topological polar surface area (TPSA) is 76.5 Å². The summed E-state index contributed by atoms with van der Waals surface area (Å²) in [6.45, 7) is 1.48. The first-order valence-corrected chi connectivity index (χ1v) is 10.8. The molecular weight excluding hydrogens is 494 g/mol. The fourth-order valence-corrected chi connectivity index (χ4v) is 3.94. The van der Waals surface area contributed by atoms with Crippen LogP contribution in [0.25, 0.3) is 10.9 Å². The number of hydrogen-bond donors (Lipinski definition) is 1. The average molecular weight is 514 g/mol. The molecule has 1 N–H and O–H groups in total. The van der Waals surface area contributed by atoms with Gasteiger partial charge in [0.1, 0.15) is 12.3 Å². The fourth-order valence-electron chi connectivity index (χ4n) is 3.94. The number of halogens is 6. The number of rotatable bonds is 6. The Bertz CT molecular complexity index is 1280. The number of aromatic nitrogens is 2. The predicted octanol–water partition coefficient (Wildman–Crippen LogP) is 4.31. The van der Waals surface area contributed by atoms with E-state index in [0.29, 0.717) is 36.1 Å². The highest BCUT2D eigenvalue weighted by Gasteiger charge is 2.33. The second-order valence-electron chi connectivity index (χ2n) is 8.52. The number of alkyl halides is 6. The summed E-state index contributed by atoms with van der Waals surface area (Å²) in [5.41, 5.74) is 1.42. The van der Waals surface area contributed by atoms with Gasteiger partial charge in [0.05, 0.1) is 5.52 Å². The molecule has 2 amide bonds. The Labute approximate surface area is 200 Å². The second-order valence-corrected chi connectivity index (χ2v) is 8.52. The smallest absolute Gasteiger partial charge is 0.406 e.